The number of hydrogen-bond donors (Lipinski definition) is 0. The highest BCUT2D eigenvalue weighted by Crippen LogP contribution is 2.16. The number of esters is 1. The van der Waals surface area contributed by atoms with E-state index in [1.807, 2.05) is 0 Å². The molecule has 0 aliphatic rings. The lowest BCUT2D eigenvalue weighted by molar-refractivity contribution is -0.887. The van der Waals surface area contributed by atoms with E-state index in [4.69, 9.17) is 4.74 Å². The van der Waals surface area contributed by atoms with Gasteiger partial charge in [0.05, 0.1) is 27.7 Å². The number of unbranched alkanes of at least 4 members (excludes halogenated alkanes) is 10. The maximum atomic E-state index is 12.5. The molecule has 0 aliphatic carbocycles. The number of hydrogen-bond acceptors (Lipinski definition) is 2. The quantitative estimate of drug-likeness (QED) is 0.204. The number of likely N-dealkylation sites (N-methyl/N-ethyl adjacent to an activating group) is 1. The van der Waals surface area contributed by atoms with Gasteiger partial charge in [0.15, 0.2) is 6.04 Å². The first kappa shape index (κ1) is 23.4. The number of carbonyl (C=O) groups excluding carboxylic acids is 1. The zero-order chi connectivity index (χ0) is 18.3. The van der Waals surface area contributed by atoms with Crippen molar-refractivity contribution in [3.05, 3.63) is 0 Å². The fraction of sp³-hybridized carbons (Fsp3) is 0.952. The Kier molecular flexibility index (Phi) is 14.4. The van der Waals surface area contributed by atoms with Gasteiger partial charge in [-0.1, -0.05) is 78.1 Å². The van der Waals surface area contributed by atoms with Gasteiger partial charge in [-0.25, -0.2) is 4.79 Å². The summed E-state index contributed by atoms with van der Waals surface area (Å²) in [7, 11) is 6.31. The number of nitrogens with zero attached hydrogens (tertiary/aromatic N) is 1. The minimum absolute atomic E-state index is 0.00427. The van der Waals surface area contributed by atoms with Crippen LogP contribution >= 0.6 is 0 Å². The van der Waals surface area contributed by atoms with Gasteiger partial charge in [0, 0.05) is 6.42 Å². The van der Waals surface area contributed by atoms with Crippen LogP contribution in [-0.4, -0.2) is 44.2 Å². The topological polar surface area (TPSA) is 26.3 Å². The van der Waals surface area contributed by atoms with E-state index < -0.39 is 0 Å². The van der Waals surface area contributed by atoms with Gasteiger partial charge in [0.2, 0.25) is 0 Å². The van der Waals surface area contributed by atoms with Gasteiger partial charge in [-0.05, 0) is 12.8 Å². The van der Waals surface area contributed by atoms with Crippen LogP contribution in [0, 0.1) is 0 Å². The first-order valence-corrected chi connectivity index (χ1v) is 10.4. The van der Waals surface area contributed by atoms with E-state index in [0.717, 1.165) is 19.3 Å². The van der Waals surface area contributed by atoms with Gasteiger partial charge in [-0.3, -0.25) is 0 Å². The van der Waals surface area contributed by atoms with Crippen molar-refractivity contribution >= 4 is 5.97 Å². The van der Waals surface area contributed by atoms with Gasteiger partial charge in [-0.2, -0.15) is 0 Å². The standard InChI is InChI=1S/C21H44NO2/c1-6-8-10-12-14-16-18-20(22(3,4)5)21(23)24-19-17-15-13-11-9-7-2/h20H,6-19H2,1-5H3/q+1/t20-/m1/s1. The Morgan fingerprint density at radius 3 is 1.71 bits per heavy atom. The molecule has 3 heteroatoms. The Balaban J connectivity index is 3.96. The van der Waals surface area contributed by atoms with E-state index in [0.29, 0.717) is 11.1 Å². The second-order valence-corrected chi connectivity index (χ2v) is 8.12. The second kappa shape index (κ2) is 14.7. The van der Waals surface area contributed by atoms with E-state index in [1.54, 1.807) is 0 Å². The molecule has 144 valence electrons. The van der Waals surface area contributed by atoms with Crippen LogP contribution in [0.3, 0.4) is 0 Å². The highest BCUT2D eigenvalue weighted by molar-refractivity contribution is 5.74. The van der Waals surface area contributed by atoms with Crippen LogP contribution in [-0.2, 0) is 9.53 Å². The first-order valence-electron chi connectivity index (χ1n) is 10.4. The predicted molar refractivity (Wildman–Crippen MR) is 104 cm³/mol. The molecule has 0 heterocycles. The average Bonchev–Trinajstić information content (AvgIpc) is 2.52. The molecule has 0 saturated heterocycles. The van der Waals surface area contributed by atoms with Crippen LogP contribution in [0.15, 0.2) is 0 Å². The van der Waals surface area contributed by atoms with Gasteiger partial charge >= 0.3 is 5.97 Å². The van der Waals surface area contributed by atoms with E-state index in [-0.39, 0.29) is 12.0 Å². The van der Waals surface area contributed by atoms with Crippen LogP contribution in [0.1, 0.15) is 97.3 Å². The van der Waals surface area contributed by atoms with Crippen molar-refractivity contribution in [3.8, 4) is 0 Å². The molecule has 0 saturated carbocycles. The molecule has 0 fully saturated rings. The number of quaternary nitrogens is 1. The van der Waals surface area contributed by atoms with Crippen molar-refractivity contribution in [2.75, 3.05) is 27.7 Å². The summed E-state index contributed by atoms with van der Waals surface area (Å²) in [6.07, 6.45) is 15.9. The number of carbonyl (C=O) groups is 1. The maximum Gasteiger partial charge on any atom is 0.364 e. The summed E-state index contributed by atoms with van der Waals surface area (Å²) < 4.78 is 6.25. The molecule has 1 atom stereocenters. The summed E-state index contributed by atoms with van der Waals surface area (Å²) >= 11 is 0. The lowest BCUT2D eigenvalue weighted by Gasteiger charge is -2.32. The third-order valence-electron chi connectivity index (χ3n) is 4.78. The number of ether oxygens (including phenoxy) is 1. The second-order valence-electron chi connectivity index (χ2n) is 8.12. The Morgan fingerprint density at radius 1 is 0.750 bits per heavy atom. The molecule has 0 amide bonds. The van der Waals surface area contributed by atoms with E-state index in [2.05, 4.69) is 35.0 Å². The normalized spacial score (nSPS) is 13.0. The molecule has 0 aliphatic heterocycles. The molecule has 0 aromatic carbocycles. The monoisotopic (exact) mass is 342 g/mol. The SMILES string of the molecule is CCCCCCCCOC(=O)[C@@H](CCCCCCCC)[N+](C)(C)C. The molecule has 3 nitrogen and oxygen atoms in total. The minimum atomic E-state index is -0.0173. The summed E-state index contributed by atoms with van der Waals surface area (Å²) in [6, 6.07) is -0.0173. The van der Waals surface area contributed by atoms with Crippen LogP contribution in [0.5, 0.6) is 0 Å². The zero-order valence-electron chi connectivity index (χ0n) is 17.2. The first-order chi connectivity index (χ1) is 11.4. The van der Waals surface area contributed by atoms with Crippen LogP contribution < -0.4 is 0 Å². The molecule has 0 N–H and O–H groups in total. The molecule has 0 bridgehead atoms. The van der Waals surface area contributed by atoms with Gasteiger partial charge in [0.1, 0.15) is 0 Å². The lowest BCUT2D eigenvalue weighted by Crippen LogP contribution is -2.50. The lowest BCUT2D eigenvalue weighted by atomic mass is 10.0. The summed E-state index contributed by atoms with van der Waals surface area (Å²) in [4.78, 5) is 12.5. The Morgan fingerprint density at radius 2 is 1.21 bits per heavy atom. The van der Waals surface area contributed by atoms with Crippen molar-refractivity contribution in [2.24, 2.45) is 0 Å². The third kappa shape index (κ3) is 12.8. The fourth-order valence-corrected chi connectivity index (χ4v) is 3.09. The Bertz CT molecular complexity index is 297. The molecule has 24 heavy (non-hydrogen) atoms. The highest BCUT2D eigenvalue weighted by Gasteiger charge is 2.32. The van der Waals surface area contributed by atoms with Crippen molar-refractivity contribution in [1.82, 2.24) is 0 Å². The summed E-state index contributed by atoms with van der Waals surface area (Å²) in [5.74, 6) is 0.00427. The Hall–Kier alpha value is -0.570. The third-order valence-corrected chi connectivity index (χ3v) is 4.78. The summed E-state index contributed by atoms with van der Waals surface area (Å²) in [5, 5.41) is 0. The van der Waals surface area contributed by atoms with Crippen LogP contribution in [0.2, 0.25) is 0 Å². The van der Waals surface area contributed by atoms with Gasteiger partial charge < -0.3 is 9.22 Å². The number of rotatable bonds is 16. The maximum absolute atomic E-state index is 12.5. The van der Waals surface area contributed by atoms with E-state index in [9.17, 15) is 4.79 Å². The van der Waals surface area contributed by atoms with E-state index in [1.165, 1.54) is 64.2 Å². The van der Waals surface area contributed by atoms with Crippen molar-refractivity contribution in [3.63, 3.8) is 0 Å². The fourth-order valence-electron chi connectivity index (χ4n) is 3.09. The summed E-state index contributed by atoms with van der Waals surface area (Å²) in [6.45, 7) is 5.07. The van der Waals surface area contributed by atoms with Crippen molar-refractivity contribution < 1.29 is 14.0 Å². The smallest absolute Gasteiger partial charge is 0.364 e. The molecule has 0 spiro atoms. The molecular weight excluding hydrogens is 298 g/mol. The van der Waals surface area contributed by atoms with Crippen LogP contribution in [0.4, 0.5) is 0 Å². The average molecular weight is 343 g/mol. The Labute approximate surface area is 151 Å². The van der Waals surface area contributed by atoms with Crippen LogP contribution in [0.25, 0.3) is 0 Å². The largest absolute Gasteiger partial charge is 0.461 e. The predicted octanol–water partition coefficient (Wildman–Crippen LogP) is 5.72. The molecule has 0 rings (SSSR count). The molecule has 0 unspecified atom stereocenters. The molecule has 0 aromatic heterocycles. The molecule has 0 radical (unpaired) electrons. The molecular formula is C21H44NO2+. The van der Waals surface area contributed by atoms with Crippen molar-refractivity contribution in [1.29, 1.82) is 0 Å². The molecule has 0 aromatic rings. The van der Waals surface area contributed by atoms with Gasteiger partial charge in [0.25, 0.3) is 0 Å². The van der Waals surface area contributed by atoms with E-state index >= 15 is 0 Å². The van der Waals surface area contributed by atoms with Crippen molar-refractivity contribution in [2.45, 2.75) is 103 Å². The highest BCUT2D eigenvalue weighted by atomic mass is 16.5. The zero-order valence-corrected chi connectivity index (χ0v) is 17.2. The minimum Gasteiger partial charge on any atom is -0.461 e. The van der Waals surface area contributed by atoms with Gasteiger partial charge in [-0.15, -0.1) is 0 Å². The summed E-state index contributed by atoms with van der Waals surface area (Å²) in [5.41, 5.74) is 0.